The molecule has 0 aromatic heterocycles. The Labute approximate surface area is 194 Å². The van der Waals surface area contributed by atoms with Gasteiger partial charge in [0.05, 0.1) is 22.5 Å². The average Bonchev–Trinajstić information content (AvgIpc) is 2.66. The monoisotopic (exact) mass is 543 g/mol. The molecule has 7 nitrogen and oxygen atoms in total. The molecule has 0 saturated heterocycles. The third kappa shape index (κ3) is 7.83. The molecule has 0 radical (unpaired) electrons. The molecule has 2 aromatic rings. The van der Waals surface area contributed by atoms with Crippen LogP contribution in [0, 0.1) is 3.57 Å². The number of hydrazone groups is 1. The molecule has 0 heterocycles. The maximum absolute atomic E-state index is 11.9. The van der Waals surface area contributed by atoms with Crippen molar-refractivity contribution in [1.82, 2.24) is 5.43 Å². The lowest BCUT2D eigenvalue weighted by Crippen LogP contribution is -2.24. The van der Waals surface area contributed by atoms with E-state index in [1.807, 2.05) is 26.8 Å². The van der Waals surface area contributed by atoms with Crippen LogP contribution in [0.3, 0.4) is 0 Å². The van der Waals surface area contributed by atoms with Gasteiger partial charge in [-0.15, -0.1) is 0 Å². The van der Waals surface area contributed by atoms with Crippen LogP contribution in [0.15, 0.2) is 41.5 Å². The first-order valence-corrected chi connectivity index (χ1v) is 10.7. The van der Waals surface area contributed by atoms with Crippen LogP contribution in [0.5, 0.6) is 11.5 Å². The van der Waals surface area contributed by atoms with Crippen LogP contribution >= 0.6 is 34.2 Å². The van der Waals surface area contributed by atoms with E-state index in [0.717, 1.165) is 9.13 Å². The molecule has 2 N–H and O–H groups in total. The molecule has 0 bridgehead atoms. The smallest absolute Gasteiger partial charge is 0.249 e. The zero-order valence-corrected chi connectivity index (χ0v) is 19.8. The predicted octanol–water partition coefficient (Wildman–Crippen LogP) is 4.61. The Bertz CT molecular complexity index is 917. The largest absolute Gasteiger partial charge is 0.490 e. The van der Waals surface area contributed by atoms with Crippen LogP contribution in [0.4, 0.5) is 5.69 Å². The highest BCUT2D eigenvalue weighted by Gasteiger charge is 2.13. The molecule has 0 aliphatic rings. The van der Waals surface area contributed by atoms with Gasteiger partial charge in [0.25, 0.3) is 0 Å². The molecule has 0 unspecified atom stereocenters. The molecule has 30 heavy (non-hydrogen) atoms. The summed E-state index contributed by atoms with van der Waals surface area (Å²) in [6, 6.07) is 10.3. The molecule has 2 amide bonds. The van der Waals surface area contributed by atoms with Crippen LogP contribution in [0.1, 0.15) is 32.8 Å². The number of ether oxygens (including phenoxy) is 2. The second-order valence-electron chi connectivity index (χ2n) is 6.45. The van der Waals surface area contributed by atoms with E-state index in [2.05, 4.69) is 38.4 Å². The summed E-state index contributed by atoms with van der Waals surface area (Å²) in [5.41, 5.74) is 3.63. The van der Waals surface area contributed by atoms with Crippen LogP contribution in [0.2, 0.25) is 5.02 Å². The van der Waals surface area contributed by atoms with Crippen molar-refractivity contribution in [3.05, 3.63) is 50.6 Å². The highest BCUT2D eigenvalue weighted by Crippen LogP contribution is 2.34. The average molecular weight is 544 g/mol. The van der Waals surface area contributed by atoms with Gasteiger partial charge in [0.2, 0.25) is 11.8 Å². The van der Waals surface area contributed by atoms with Gasteiger partial charge in [-0.3, -0.25) is 9.59 Å². The Morgan fingerprint density at radius 2 is 1.90 bits per heavy atom. The molecule has 9 heteroatoms. The van der Waals surface area contributed by atoms with Crippen LogP contribution in [-0.4, -0.2) is 30.7 Å². The van der Waals surface area contributed by atoms with Crippen molar-refractivity contribution in [3.63, 3.8) is 0 Å². The van der Waals surface area contributed by atoms with Crippen molar-refractivity contribution in [1.29, 1.82) is 0 Å². The van der Waals surface area contributed by atoms with Gasteiger partial charge in [0.1, 0.15) is 6.42 Å². The molecule has 0 aliphatic carbocycles. The summed E-state index contributed by atoms with van der Waals surface area (Å²) in [6.45, 7) is 6.27. The molecule has 0 saturated carbocycles. The third-order valence-corrected chi connectivity index (χ3v) is 4.59. The van der Waals surface area contributed by atoms with Gasteiger partial charge in [0.15, 0.2) is 11.5 Å². The standard InChI is InChI=1S/C21H23ClIN3O4/c1-4-29-18-10-14(9-17(23)21(18)30-13(2)3)12-24-26-20(28)11-19(27)25-16-7-5-15(22)6-8-16/h5-10,12-13H,4,11H2,1-3H3,(H,25,27)(H,26,28). The Kier molecular flexibility index (Phi) is 9.38. The number of halogens is 2. The van der Waals surface area contributed by atoms with Gasteiger partial charge in [-0.05, 0) is 85.3 Å². The number of carbonyl (C=O) groups excluding carboxylic acids is 2. The summed E-state index contributed by atoms with van der Waals surface area (Å²) in [4.78, 5) is 23.9. The summed E-state index contributed by atoms with van der Waals surface area (Å²) in [5, 5.41) is 7.10. The van der Waals surface area contributed by atoms with Gasteiger partial charge < -0.3 is 14.8 Å². The number of nitrogens with zero attached hydrogens (tertiary/aromatic N) is 1. The zero-order valence-electron chi connectivity index (χ0n) is 16.9. The molecule has 2 aromatic carbocycles. The maximum atomic E-state index is 11.9. The maximum Gasteiger partial charge on any atom is 0.249 e. The Morgan fingerprint density at radius 1 is 1.20 bits per heavy atom. The number of benzene rings is 2. The molecule has 0 aliphatic heterocycles. The lowest BCUT2D eigenvalue weighted by atomic mass is 10.2. The second kappa shape index (κ2) is 11.8. The normalized spacial score (nSPS) is 10.9. The zero-order chi connectivity index (χ0) is 22.1. The number of hydrogen-bond donors (Lipinski definition) is 2. The van der Waals surface area contributed by atoms with Crippen molar-refractivity contribution < 1.29 is 19.1 Å². The SMILES string of the molecule is CCOc1cc(C=NNC(=O)CC(=O)Nc2ccc(Cl)cc2)cc(I)c1OC(C)C. The fourth-order valence-corrected chi connectivity index (χ4v) is 3.26. The fraction of sp³-hybridized carbons (Fsp3) is 0.286. The molecular weight excluding hydrogens is 521 g/mol. The van der Waals surface area contributed by atoms with Crippen molar-refractivity contribution in [3.8, 4) is 11.5 Å². The lowest BCUT2D eigenvalue weighted by molar-refractivity contribution is -0.126. The summed E-state index contributed by atoms with van der Waals surface area (Å²) in [5.74, 6) is 0.298. The number of anilines is 1. The topological polar surface area (TPSA) is 89.0 Å². The highest BCUT2D eigenvalue weighted by atomic mass is 127. The van der Waals surface area contributed by atoms with E-state index in [4.69, 9.17) is 21.1 Å². The highest BCUT2D eigenvalue weighted by molar-refractivity contribution is 14.1. The van der Waals surface area contributed by atoms with Crippen molar-refractivity contribution in [2.75, 3.05) is 11.9 Å². The molecule has 160 valence electrons. The number of hydrogen-bond acceptors (Lipinski definition) is 5. The van der Waals surface area contributed by atoms with E-state index in [9.17, 15) is 9.59 Å². The molecule has 2 rings (SSSR count). The lowest BCUT2D eigenvalue weighted by Gasteiger charge is -2.16. The Hall–Kier alpha value is -2.33. The minimum atomic E-state index is -0.530. The number of nitrogens with one attached hydrogen (secondary N) is 2. The van der Waals surface area contributed by atoms with E-state index in [0.29, 0.717) is 28.8 Å². The van der Waals surface area contributed by atoms with Gasteiger partial charge in [-0.2, -0.15) is 5.10 Å². The number of rotatable bonds is 9. The van der Waals surface area contributed by atoms with Crippen molar-refractivity contribution >= 4 is 57.9 Å². The number of amides is 2. The third-order valence-electron chi connectivity index (χ3n) is 3.54. The molecule has 0 fully saturated rings. The van der Waals surface area contributed by atoms with Gasteiger partial charge in [-0.25, -0.2) is 5.43 Å². The Balaban J connectivity index is 1.95. The summed E-state index contributed by atoms with van der Waals surface area (Å²) in [6.07, 6.45) is 1.14. The van der Waals surface area contributed by atoms with E-state index in [1.165, 1.54) is 6.21 Å². The van der Waals surface area contributed by atoms with E-state index >= 15 is 0 Å². The van der Waals surface area contributed by atoms with E-state index in [-0.39, 0.29) is 12.5 Å². The second-order valence-corrected chi connectivity index (χ2v) is 8.05. The summed E-state index contributed by atoms with van der Waals surface area (Å²) >= 11 is 7.96. The first-order valence-electron chi connectivity index (χ1n) is 9.28. The first kappa shape index (κ1) is 23.9. The predicted molar refractivity (Wildman–Crippen MR) is 127 cm³/mol. The van der Waals surface area contributed by atoms with Gasteiger partial charge in [0, 0.05) is 10.7 Å². The molecule has 0 spiro atoms. The van der Waals surface area contributed by atoms with E-state index in [1.54, 1.807) is 30.3 Å². The minimum Gasteiger partial charge on any atom is -0.490 e. The fourth-order valence-electron chi connectivity index (χ4n) is 2.38. The van der Waals surface area contributed by atoms with E-state index < -0.39 is 11.8 Å². The first-order chi connectivity index (χ1) is 14.3. The molecular formula is C21H23ClIN3O4. The van der Waals surface area contributed by atoms with Crippen LogP contribution in [-0.2, 0) is 9.59 Å². The van der Waals surface area contributed by atoms with Crippen LogP contribution < -0.4 is 20.2 Å². The van der Waals surface area contributed by atoms with Crippen molar-refractivity contribution in [2.45, 2.75) is 33.3 Å². The minimum absolute atomic E-state index is 0.00977. The number of carbonyl (C=O) groups is 2. The van der Waals surface area contributed by atoms with Crippen molar-refractivity contribution in [2.24, 2.45) is 5.10 Å². The molecule has 0 atom stereocenters. The quantitative estimate of drug-likeness (QED) is 0.209. The van der Waals surface area contributed by atoms with Gasteiger partial charge >= 0.3 is 0 Å². The van der Waals surface area contributed by atoms with Crippen LogP contribution in [0.25, 0.3) is 0 Å². The van der Waals surface area contributed by atoms with Gasteiger partial charge in [-0.1, -0.05) is 11.6 Å². The summed E-state index contributed by atoms with van der Waals surface area (Å²) in [7, 11) is 0. The Morgan fingerprint density at radius 3 is 2.53 bits per heavy atom. The summed E-state index contributed by atoms with van der Waals surface area (Å²) < 4.78 is 12.4.